The first-order valence-electron chi connectivity index (χ1n) is 6.79. The van der Waals surface area contributed by atoms with Gasteiger partial charge in [-0.3, -0.25) is 19.9 Å². The molecule has 114 valence electrons. The summed E-state index contributed by atoms with van der Waals surface area (Å²) in [4.78, 5) is 24.6. The van der Waals surface area contributed by atoms with E-state index in [1.54, 1.807) is 6.07 Å². The Morgan fingerprint density at radius 2 is 1.90 bits per heavy atom. The fraction of sp³-hybridized carbons (Fsp3) is 0.571. The van der Waals surface area contributed by atoms with E-state index < -0.39 is 4.92 Å². The maximum Gasteiger partial charge on any atom is 0.305 e. The van der Waals surface area contributed by atoms with Gasteiger partial charge in [0.15, 0.2) is 0 Å². The van der Waals surface area contributed by atoms with Crippen molar-refractivity contribution >= 4 is 11.7 Å². The van der Waals surface area contributed by atoms with E-state index in [0.717, 1.165) is 5.69 Å². The molecular weight excluding hydrogens is 260 g/mol. The second kappa shape index (κ2) is 13.5. The Morgan fingerprint density at radius 1 is 1.30 bits per heavy atom. The number of hydrogen-bond donors (Lipinski definition) is 0. The van der Waals surface area contributed by atoms with Gasteiger partial charge in [0, 0.05) is 18.2 Å². The molecule has 0 radical (unpaired) electrons. The van der Waals surface area contributed by atoms with E-state index >= 15 is 0 Å². The van der Waals surface area contributed by atoms with E-state index in [1.807, 2.05) is 27.7 Å². The normalized spacial score (nSPS) is 8.45. The minimum atomic E-state index is -0.495. The Hall–Kier alpha value is -1.98. The number of aryl methyl sites for hydroxylation is 1. The van der Waals surface area contributed by atoms with Gasteiger partial charge in [-0.25, -0.2) is 0 Å². The van der Waals surface area contributed by atoms with Crippen LogP contribution in [0.25, 0.3) is 0 Å². The van der Waals surface area contributed by atoms with Crippen molar-refractivity contribution in [1.82, 2.24) is 4.98 Å². The molecule has 0 aliphatic heterocycles. The molecule has 0 aromatic carbocycles. The first-order valence-corrected chi connectivity index (χ1v) is 6.79. The van der Waals surface area contributed by atoms with E-state index in [2.05, 4.69) is 9.72 Å². The lowest BCUT2D eigenvalue weighted by Gasteiger charge is -1.99. The Balaban J connectivity index is 0. The van der Waals surface area contributed by atoms with Crippen LogP contribution in [0.5, 0.6) is 0 Å². The molecule has 0 unspecified atom stereocenters. The molecule has 0 fully saturated rings. The highest BCUT2D eigenvalue weighted by molar-refractivity contribution is 5.69. The van der Waals surface area contributed by atoms with Gasteiger partial charge in [0.25, 0.3) is 5.69 Å². The lowest BCUT2D eigenvalue weighted by atomic mass is 10.2. The summed E-state index contributed by atoms with van der Waals surface area (Å²) in [5.41, 5.74) is 0.700. The molecule has 1 aromatic rings. The second-order valence-corrected chi connectivity index (χ2v) is 3.19. The highest BCUT2D eigenvalue weighted by atomic mass is 16.6. The van der Waals surface area contributed by atoms with Crippen molar-refractivity contribution in [3.05, 3.63) is 34.1 Å². The number of aromatic nitrogens is 1. The zero-order valence-electron chi connectivity index (χ0n) is 12.9. The van der Waals surface area contributed by atoms with Gasteiger partial charge in [0.05, 0.1) is 12.0 Å². The molecule has 0 saturated carbocycles. The number of hydrogen-bond acceptors (Lipinski definition) is 5. The molecule has 0 amide bonds. The van der Waals surface area contributed by atoms with Crippen LogP contribution in [0.15, 0.2) is 18.3 Å². The first kappa shape index (κ1) is 20.3. The third-order valence-corrected chi connectivity index (χ3v) is 2.06. The van der Waals surface area contributed by atoms with E-state index in [4.69, 9.17) is 0 Å². The van der Waals surface area contributed by atoms with Crippen LogP contribution < -0.4 is 0 Å². The summed E-state index contributed by atoms with van der Waals surface area (Å²) in [6.45, 7) is 8.00. The Labute approximate surface area is 120 Å². The predicted octanol–water partition coefficient (Wildman–Crippen LogP) is 3.54. The van der Waals surface area contributed by atoms with Crippen LogP contribution in [0.4, 0.5) is 5.69 Å². The van der Waals surface area contributed by atoms with Crippen LogP contribution >= 0.6 is 0 Å². The van der Waals surface area contributed by atoms with Gasteiger partial charge in [-0.2, -0.15) is 0 Å². The first-order chi connectivity index (χ1) is 9.63. The fourth-order valence-corrected chi connectivity index (χ4v) is 1.19. The van der Waals surface area contributed by atoms with Crippen molar-refractivity contribution in [2.75, 3.05) is 7.11 Å². The number of rotatable bonds is 5. The molecule has 0 saturated heterocycles. The molecular formula is C14H24N2O4. The van der Waals surface area contributed by atoms with Gasteiger partial charge in [-0.1, -0.05) is 27.7 Å². The Bertz CT molecular complexity index is 377. The quantitative estimate of drug-likeness (QED) is 0.469. The van der Waals surface area contributed by atoms with Crippen molar-refractivity contribution < 1.29 is 14.5 Å². The van der Waals surface area contributed by atoms with Crippen LogP contribution in [-0.2, 0) is 16.0 Å². The number of nitrogens with zero attached hydrogens (tertiary/aromatic N) is 2. The minimum Gasteiger partial charge on any atom is -0.469 e. The van der Waals surface area contributed by atoms with Crippen molar-refractivity contribution in [2.45, 2.75) is 47.0 Å². The van der Waals surface area contributed by atoms with Crippen LogP contribution in [-0.4, -0.2) is 23.0 Å². The molecule has 0 N–H and O–H groups in total. The average molecular weight is 284 g/mol. The molecule has 0 aliphatic carbocycles. The smallest absolute Gasteiger partial charge is 0.305 e. The maximum absolute atomic E-state index is 10.8. The Morgan fingerprint density at radius 3 is 2.30 bits per heavy atom. The number of carbonyl (C=O) groups excluding carboxylic acids is 1. The number of nitro groups is 1. The number of ether oxygens (including phenoxy) is 1. The van der Waals surface area contributed by atoms with Gasteiger partial charge in [0.2, 0.25) is 0 Å². The number of pyridine rings is 1. The van der Waals surface area contributed by atoms with Gasteiger partial charge in [0.1, 0.15) is 6.20 Å². The van der Waals surface area contributed by atoms with Gasteiger partial charge < -0.3 is 4.74 Å². The fourth-order valence-electron chi connectivity index (χ4n) is 1.19. The molecule has 0 atom stereocenters. The van der Waals surface area contributed by atoms with E-state index in [9.17, 15) is 14.9 Å². The molecule has 0 spiro atoms. The highest BCUT2D eigenvalue weighted by Crippen LogP contribution is 2.10. The number of carbonyl (C=O) groups is 1. The number of esters is 1. The van der Waals surface area contributed by atoms with Crippen LogP contribution in [0.2, 0.25) is 0 Å². The number of methoxy groups -OCH3 is 1. The van der Waals surface area contributed by atoms with Crippen molar-refractivity contribution in [3.8, 4) is 0 Å². The molecule has 1 rings (SSSR count). The average Bonchev–Trinajstić information content (AvgIpc) is 2.51. The standard InChI is InChI=1S/C10H12N2O4.2C2H6/c1-16-10(13)4-2-3-8-5-6-9(7-11-8)12(14)15;2*1-2/h5-7H,2-4H2,1H3;2*1-2H3. The Kier molecular flexibility index (Phi) is 13.7. The second-order valence-electron chi connectivity index (χ2n) is 3.19. The van der Waals surface area contributed by atoms with Crippen LogP contribution in [0.3, 0.4) is 0 Å². The summed E-state index contributed by atoms with van der Waals surface area (Å²) in [5.74, 6) is -0.262. The maximum atomic E-state index is 10.8. The van der Waals surface area contributed by atoms with Crippen LogP contribution in [0, 0.1) is 10.1 Å². The molecule has 1 aromatic heterocycles. The molecule has 1 heterocycles. The van der Waals surface area contributed by atoms with Crippen LogP contribution in [0.1, 0.15) is 46.2 Å². The van der Waals surface area contributed by atoms with Crippen molar-refractivity contribution in [1.29, 1.82) is 0 Å². The molecule has 0 aliphatic rings. The zero-order valence-corrected chi connectivity index (χ0v) is 12.9. The van der Waals surface area contributed by atoms with E-state index in [0.29, 0.717) is 19.3 Å². The molecule has 6 heteroatoms. The topological polar surface area (TPSA) is 82.3 Å². The summed E-state index contributed by atoms with van der Waals surface area (Å²) < 4.78 is 4.49. The molecule has 6 nitrogen and oxygen atoms in total. The van der Waals surface area contributed by atoms with Gasteiger partial charge in [-0.15, -0.1) is 0 Å². The molecule has 0 bridgehead atoms. The highest BCUT2D eigenvalue weighted by Gasteiger charge is 2.06. The largest absolute Gasteiger partial charge is 0.469 e. The summed E-state index contributed by atoms with van der Waals surface area (Å²) in [5, 5.41) is 10.4. The monoisotopic (exact) mass is 284 g/mol. The lowest BCUT2D eigenvalue weighted by molar-refractivity contribution is -0.385. The van der Waals surface area contributed by atoms with E-state index in [1.165, 1.54) is 19.4 Å². The summed E-state index contributed by atoms with van der Waals surface area (Å²) in [7, 11) is 1.34. The van der Waals surface area contributed by atoms with Gasteiger partial charge in [-0.05, 0) is 18.9 Å². The van der Waals surface area contributed by atoms with Crippen molar-refractivity contribution in [3.63, 3.8) is 0 Å². The van der Waals surface area contributed by atoms with Gasteiger partial charge >= 0.3 is 5.97 Å². The lowest BCUT2D eigenvalue weighted by Crippen LogP contribution is -2.01. The predicted molar refractivity (Wildman–Crippen MR) is 78.5 cm³/mol. The molecule has 20 heavy (non-hydrogen) atoms. The summed E-state index contributed by atoms with van der Waals surface area (Å²) in [6.07, 6.45) is 2.77. The minimum absolute atomic E-state index is 0.0308. The summed E-state index contributed by atoms with van der Waals surface area (Å²) >= 11 is 0. The SMILES string of the molecule is CC.CC.COC(=O)CCCc1ccc([N+](=O)[O-])cn1. The summed E-state index contributed by atoms with van der Waals surface area (Å²) in [6, 6.07) is 3.00. The zero-order chi connectivity index (χ0) is 16.0. The van der Waals surface area contributed by atoms with Crippen molar-refractivity contribution in [2.24, 2.45) is 0 Å². The third-order valence-electron chi connectivity index (χ3n) is 2.06. The van der Waals surface area contributed by atoms with E-state index in [-0.39, 0.29) is 11.7 Å². The third kappa shape index (κ3) is 9.02.